The molecule has 2 aromatic rings. The van der Waals surface area contributed by atoms with Crippen molar-refractivity contribution in [2.24, 2.45) is 0 Å². The van der Waals surface area contributed by atoms with Crippen LogP contribution in [0.4, 0.5) is 5.82 Å². The molecule has 0 aromatic carbocycles. The van der Waals surface area contributed by atoms with Gasteiger partial charge in [-0.15, -0.1) is 16.8 Å². The van der Waals surface area contributed by atoms with Crippen LogP contribution in [0.15, 0.2) is 47.6 Å². The summed E-state index contributed by atoms with van der Waals surface area (Å²) in [6.45, 7) is 6.36. The second-order valence-electron chi connectivity index (χ2n) is 5.53. The minimum Gasteiger partial charge on any atom is -0.459 e. The van der Waals surface area contributed by atoms with Crippen LogP contribution >= 0.6 is 0 Å². The molecule has 1 fully saturated rings. The fourth-order valence-electron chi connectivity index (χ4n) is 2.57. The molecule has 8 heteroatoms. The Bertz CT molecular complexity index is 734. The minimum atomic E-state index is -0.284. The van der Waals surface area contributed by atoms with Crippen molar-refractivity contribution in [2.45, 2.75) is 0 Å². The number of amides is 2. The van der Waals surface area contributed by atoms with E-state index >= 15 is 0 Å². The van der Waals surface area contributed by atoms with Crippen LogP contribution in [0.1, 0.15) is 21.0 Å². The summed E-state index contributed by atoms with van der Waals surface area (Å²) in [6.07, 6.45) is 3.09. The van der Waals surface area contributed by atoms with Crippen LogP contribution < -0.4 is 10.2 Å². The molecule has 1 saturated heterocycles. The Morgan fingerprint density at radius 2 is 2.00 bits per heavy atom. The van der Waals surface area contributed by atoms with E-state index in [1.807, 2.05) is 4.90 Å². The van der Waals surface area contributed by atoms with Crippen LogP contribution in [0.5, 0.6) is 0 Å². The van der Waals surface area contributed by atoms with E-state index in [0.29, 0.717) is 44.3 Å². The summed E-state index contributed by atoms with van der Waals surface area (Å²) in [5.41, 5.74) is 0.261. The van der Waals surface area contributed by atoms with Crippen molar-refractivity contribution in [3.8, 4) is 0 Å². The zero-order valence-electron chi connectivity index (χ0n) is 13.7. The molecule has 1 aliphatic rings. The number of piperazine rings is 1. The third-order valence-corrected chi connectivity index (χ3v) is 3.91. The van der Waals surface area contributed by atoms with Gasteiger partial charge in [-0.1, -0.05) is 6.08 Å². The van der Waals surface area contributed by atoms with Crippen molar-refractivity contribution >= 4 is 17.6 Å². The molecule has 3 heterocycles. The number of nitrogens with one attached hydrogen (secondary N) is 1. The molecule has 0 bridgehead atoms. The molecule has 0 atom stereocenters. The van der Waals surface area contributed by atoms with Gasteiger partial charge in [0.15, 0.2) is 17.3 Å². The summed E-state index contributed by atoms with van der Waals surface area (Å²) >= 11 is 0. The number of furan rings is 1. The lowest BCUT2D eigenvalue weighted by Crippen LogP contribution is -2.49. The van der Waals surface area contributed by atoms with Crippen LogP contribution in [0.2, 0.25) is 0 Å². The largest absolute Gasteiger partial charge is 0.459 e. The molecule has 1 aliphatic heterocycles. The molecule has 0 spiro atoms. The second-order valence-corrected chi connectivity index (χ2v) is 5.53. The van der Waals surface area contributed by atoms with Crippen molar-refractivity contribution in [2.75, 3.05) is 37.6 Å². The van der Waals surface area contributed by atoms with E-state index in [2.05, 4.69) is 22.1 Å². The van der Waals surface area contributed by atoms with E-state index in [0.717, 1.165) is 0 Å². The van der Waals surface area contributed by atoms with Crippen molar-refractivity contribution in [3.63, 3.8) is 0 Å². The first-order valence-corrected chi connectivity index (χ1v) is 7.99. The molecule has 2 aromatic heterocycles. The maximum absolute atomic E-state index is 12.2. The molecule has 0 aliphatic carbocycles. The average Bonchev–Trinajstić information content (AvgIpc) is 3.20. The van der Waals surface area contributed by atoms with E-state index in [-0.39, 0.29) is 17.5 Å². The third kappa shape index (κ3) is 3.85. The number of hydrogen-bond acceptors (Lipinski definition) is 6. The van der Waals surface area contributed by atoms with Gasteiger partial charge in [-0.25, -0.2) is 0 Å². The molecule has 130 valence electrons. The second kappa shape index (κ2) is 7.61. The van der Waals surface area contributed by atoms with E-state index in [4.69, 9.17) is 4.42 Å². The molecule has 8 nitrogen and oxygen atoms in total. The Morgan fingerprint density at radius 3 is 2.60 bits per heavy atom. The van der Waals surface area contributed by atoms with Gasteiger partial charge in [0.1, 0.15) is 0 Å². The highest BCUT2D eigenvalue weighted by Crippen LogP contribution is 2.15. The Kier molecular flexibility index (Phi) is 5.08. The summed E-state index contributed by atoms with van der Waals surface area (Å²) < 4.78 is 5.15. The van der Waals surface area contributed by atoms with Gasteiger partial charge in [-0.2, -0.15) is 0 Å². The summed E-state index contributed by atoms with van der Waals surface area (Å²) in [5.74, 6) is 0.645. The first kappa shape index (κ1) is 16.7. The highest BCUT2D eigenvalue weighted by molar-refractivity contribution is 5.92. The highest BCUT2D eigenvalue weighted by atomic mass is 16.3. The lowest BCUT2D eigenvalue weighted by atomic mass is 10.2. The first-order valence-electron chi connectivity index (χ1n) is 7.99. The number of nitrogens with zero attached hydrogens (tertiary/aromatic N) is 4. The van der Waals surface area contributed by atoms with Crippen molar-refractivity contribution in [3.05, 3.63) is 54.6 Å². The smallest absolute Gasteiger partial charge is 0.289 e. The summed E-state index contributed by atoms with van der Waals surface area (Å²) in [4.78, 5) is 27.8. The number of carbonyl (C=O) groups excluding carboxylic acids is 2. The fraction of sp³-hybridized carbons (Fsp3) is 0.294. The number of hydrogen-bond donors (Lipinski definition) is 1. The van der Waals surface area contributed by atoms with Gasteiger partial charge in [0.2, 0.25) is 0 Å². The Balaban J connectivity index is 1.57. The number of rotatable bonds is 5. The predicted octanol–water partition coefficient (Wildman–Crippen LogP) is 0.948. The Labute approximate surface area is 145 Å². The van der Waals surface area contributed by atoms with Crippen LogP contribution in [0.25, 0.3) is 0 Å². The lowest BCUT2D eigenvalue weighted by Gasteiger charge is -2.34. The van der Waals surface area contributed by atoms with Crippen LogP contribution in [0, 0.1) is 0 Å². The van der Waals surface area contributed by atoms with Gasteiger partial charge in [0, 0.05) is 32.7 Å². The van der Waals surface area contributed by atoms with Crippen LogP contribution in [-0.2, 0) is 0 Å². The van der Waals surface area contributed by atoms with Gasteiger partial charge in [0.25, 0.3) is 11.8 Å². The van der Waals surface area contributed by atoms with E-state index in [1.165, 1.54) is 6.26 Å². The molecule has 3 rings (SSSR count). The lowest BCUT2D eigenvalue weighted by molar-refractivity contribution is 0.0714. The molecule has 1 N–H and O–H groups in total. The van der Waals surface area contributed by atoms with Crippen molar-refractivity contribution < 1.29 is 14.0 Å². The zero-order chi connectivity index (χ0) is 17.6. The molecule has 0 saturated carbocycles. The SMILES string of the molecule is C=CCNC(=O)c1ccc(N2CCN(C(=O)c3ccco3)CC2)nn1. The van der Waals surface area contributed by atoms with Gasteiger partial charge in [-0.05, 0) is 24.3 Å². The standard InChI is InChI=1S/C17H19N5O3/c1-2-7-18-16(23)13-5-6-15(20-19-13)21-8-10-22(11-9-21)17(24)14-4-3-12-25-14/h2-6,12H,1,7-11H2,(H,18,23). The summed E-state index contributed by atoms with van der Waals surface area (Å²) in [6, 6.07) is 6.77. The van der Waals surface area contributed by atoms with Crippen LogP contribution in [0.3, 0.4) is 0 Å². The van der Waals surface area contributed by atoms with Crippen molar-refractivity contribution in [1.29, 1.82) is 0 Å². The topological polar surface area (TPSA) is 91.6 Å². The predicted molar refractivity (Wildman–Crippen MR) is 91.4 cm³/mol. The van der Waals surface area contributed by atoms with Crippen molar-refractivity contribution in [1.82, 2.24) is 20.4 Å². The number of carbonyl (C=O) groups is 2. The Morgan fingerprint density at radius 1 is 1.20 bits per heavy atom. The monoisotopic (exact) mass is 341 g/mol. The average molecular weight is 341 g/mol. The molecular formula is C17H19N5O3. The zero-order valence-corrected chi connectivity index (χ0v) is 13.7. The molecule has 25 heavy (non-hydrogen) atoms. The fourth-order valence-corrected chi connectivity index (χ4v) is 2.57. The van der Waals surface area contributed by atoms with E-state index in [1.54, 1.807) is 35.2 Å². The van der Waals surface area contributed by atoms with E-state index < -0.39 is 0 Å². The molecular weight excluding hydrogens is 322 g/mol. The maximum atomic E-state index is 12.2. The van der Waals surface area contributed by atoms with Gasteiger partial charge in [0.05, 0.1) is 6.26 Å². The Hall–Kier alpha value is -3.16. The molecule has 0 radical (unpaired) electrons. The van der Waals surface area contributed by atoms with E-state index in [9.17, 15) is 9.59 Å². The van der Waals surface area contributed by atoms with Gasteiger partial charge < -0.3 is 19.5 Å². The normalized spacial score (nSPS) is 14.2. The number of aromatic nitrogens is 2. The molecule has 2 amide bonds. The number of anilines is 1. The third-order valence-electron chi connectivity index (χ3n) is 3.91. The maximum Gasteiger partial charge on any atom is 0.289 e. The quantitative estimate of drug-likeness (QED) is 0.814. The van der Waals surface area contributed by atoms with Crippen LogP contribution in [-0.4, -0.2) is 59.6 Å². The minimum absolute atomic E-state index is 0.107. The summed E-state index contributed by atoms with van der Waals surface area (Å²) in [5, 5.41) is 10.7. The highest BCUT2D eigenvalue weighted by Gasteiger charge is 2.24. The summed E-state index contributed by atoms with van der Waals surface area (Å²) in [7, 11) is 0. The molecule has 0 unspecified atom stereocenters. The van der Waals surface area contributed by atoms with Gasteiger partial charge in [-0.3, -0.25) is 9.59 Å². The first-order chi connectivity index (χ1) is 12.2. The van der Waals surface area contributed by atoms with Gasteiger partial charge >= 0.3 is 0 Å².